The van der Waals surface area contributed by atoms with Crippen LogP contribution in [-0.2, 0) is 16.9 Å². The van der Waals surface area contributed by atoms with Crippen LogP contribution in [-0.4, -0.2) is 42.7 Å². The molecule has 1 unspecified atom stereocenters. The van der Waals surface area contributed by atoms with Gasteiger partial charge in [-0.15, -0.1) is 0 Å². The average Bonchev–Trinajstić information content (AvgIpc) is 2.83. The molecule has 0 saturated carbocycles. The van der Waals surface area contributed by atoms with Crippen LogP contribution >= 0.6 is 0 Å². The van der Waals surface area contributed by atoms with Gasteiger partial charge in [0.2, 0.25) is 0 Å². The van der Waals surface area contributed by atoms with Gasteiger partial charge in [0.25, 0.3) is 5.60 Å². The Hall–Kier alpha value is -3.21. The van der Waals surface area contributed by atoms with Crippen molar-refractivity contribution in [2.24, 2.45) is 0 Å². The second-order valence-electron chi connectivity index (χ2n) is 8.65. The minimum Gasteiger partial charge on any atom is -0.445 e. The van der Waals surface area contributed by atoms with E-state index >= 15 is 0 Å². The molecule has 0 spiro atoms. The van der Waals surface area contributed by atoms with Crippen molar-refractivity contribution in [3.05, 3.63) is 77.4 Å². The van der Waals surface area contributed by atoms with E-state index in [0.29, 0.717) is 24.2 Å². The molecule has 0 aliphatic rings. The molecule has 1 amide bonds. The molecule has 0 heterocycles. The van der Waals surface area contributed by atoms with Gasteiger partial charge in [-0.2, -0.15) is 26.3 Å². The Morgan fingerprint density at radius 2 is 1.57 bits per heavy atom. The lowest BCUT2D eigenvalue weighted by Gasteiger charge is -2.34. The molecule has 2 N–H and O–H groups in total. The van der Waals surface area contributed by atoms with Crippen molar-refractivity contribution >= 4 is 11.8 Å². The number of carbonyl (C=O) groups excluding carboxylic acids is 1. The van der Waals surface area contributed by atoms with Crippen molar-refractivity contribution in [1.82, 2.24) is 5.32 Å². The van der Waals surface area contributed by atoms with E-state index < -0.39 is 29.6 Å². The highest BCUT2D eigenvalue weighted by molar-refractivity contribution is 5.67. The highest BCUT2D eigenvalue weighted by Crippen LogP contribution is 2.50. The monoisotopic (exact) mass is 532 g/mol. The molecule has 0 aliphatic carbocycles. The number of halogens is 6. The predicted molar refractivity (Wildman–Crippen MR) is 128 cm³/mol. The van der Waals surface area contributed by atoms with E-state index in [1.807, 2.05) is 32.9 Å². The molecule has 11 heteroatoms. The highest BCUT2D eigenvalue weighted by Gasteiger charge is 2.71. The predicted octanol–water partition coefficient (Wildman–Crippen LogP) is 6.48. The zero-order chi connectivity index (χ0) is 27.9. The first kappa shape index (κ1) is 30.0. The van der Waals surface area contributed by atoms with Crippen LogP contribution in [0.4, 0.5) is 36.8 Å². The standard InChI is InChI=1S/C26H30F6N2O3/c1-4-21(16-18(2)3)34(15-14-33-23(35)37-17-19-8-6-5-7-9-19)22-12-10-20(11-13-22)24(36,25(27,28)29)26(30,31)32/h5-13,16,21,36H,4,14-15,17H2,1-3H3,(H,33,35). The number of nitrogens with one attached hydrogen (secondary N) is 1. The maximum absolute atomic E-state index is 13.2. The summed E-state index contributed by atoms with van der Waals surface area (Å²) in [5.74, 6) is 0. The van der Waals surface area contributed by atoms with Gasteiger partial charge >= 0.3 is 18.4 Å². The van der Waals surface area contributed by atoms with Gasteiger partial charge in [0.1, 0.15) is 6.61 Å². The molecule has 0 aliphatic heterocycles. The van der Waals surface area contributed by atoms with Gasteiger partial charge in [-0.25, -0.2) is 4.79 Å². The molecule has 1 atom stereocenters. The zero-order valence-electron chi connectivity index (χ0n) is 20.7. The van der Waals surface area contributed by atoms with E-state index in [0.717, 1.165) is 23.3 Å². The quantitative estimate of drug-likeness (QED) is 0.272. The van der Waals surface area contributed by atoms with Crippen LogP contribution in [0.5, 0.6) is 0 Å². The number of anilines is 1. The maximum Gasteiger partial charge on any atom is 0.430 e. The molecule has 2 aromatic carbocycles. The molecule has 0 fully saturated rings. The number of rotatable bonds is 10. The van der Waals surface area contributed by atoms with Crippen molar-refractivity contribution in [1.29, 1.82) is 0 Å². The van der Waals surface area contributed by atoms with Crippen LogP contribution < -0.4 is 10.2 Å². The number of hydrogen-bond donors (Lipinski definition) is 2. The van der Waals surface area contributed by atoms with E-state index in [4.69, 9.17) is 4.74 Å². The van der Waals surface area contributed by atoms with E-state index in [1.165, 1.54) is 0 Å². The first-order valence-corrected chi connectivity index (χ1v) is 11.5. The highest BCUT2D eigenvalue weighted by atomic mass is 19.4. The summed E-state index contributed by atoms with van der Waals surface area (Å²) in [6, 6.07) is 12.2. The third-order valence-electron chi connectivity index (χ3n) is 5.62. The van der Waals surface area contributed by atoms with Gasteiger partial charge in [0.05, 0.1) is 0 Å². The SMILES string of the molecule is CCC(C=C(C)C)N(CCNC(=O)OCc1ccccc1)c1ccc(C(O)(C(F)(F)F)C(F)(F)F)cc1. The number of amides is 1. The fraction of sp³-hybridized carbons (Fsp3) is 0.423. The molecule has 2 rings (SSSR count). The molecule has 0 radical (unpaired) electrons. The molecule has 0 aromatic heterocycles. The van der Waals surface area contributed by atoms with Gasteiger partial charge in [0, 0.05) is 30.4 Å². The number of hydrogen-bond acceptors (Lipinski definition) is 4. The second kappa shape index (κ2) is 12.4. The van der Waals surface area contributed by atoms with Crippen LogP contribution in [0.3, 0.4) is 0 Å². The number of alkyl carbamates (subject to hydrolysis) is 1. The number of nitrogens with zero attached hydrogens (tertiary/aromatic N) is 1. The summed E-state index contributed by atoms with van der Waals surface area (Å²) < 4.78 is 84.6. The van der Waals surface area contributed by atoms with Crippen LogP contribution in [0.15, 0.2) is 66.2 Å². The van der Waals surface area contributed by atoms with Gasteiger partial charge in [-0.3, -0.25) is 0 Å². The molecule has 0 saturated heterocycles. The minimum absolute atomic E-state index is 0.0640. The number of benzene rings is 2. The lowest BCUT2D eigenvalue weighted by molar-refractivity contribution is -0.376. The summed E-state index contributed by atoms with van der Waals surface area (Å²) >= 11 is 0. The van der Waals surface area contributed by atoms with E-state index in [1.54, 1.807) is 29.2 Å². The van der Waals surface area contributed by atoms with E-state index in [2.05, 4.69) is 5.32 Å². The van der Waals surface area contributed by atoms with Gasteiger partial charge < -0.3 is 20.1 Å². The molecule has 0 bridgehead atoms. The fourth-order valence-electron chi connectivity index (χ4n) is 3.73. The summed E-state index contributed by atoms with van der Waals surface area (Å²) in [6.45, 7) is 5.93. The number of carbonyl (C=O) groups is 1. The Balaban J connectivity index is 2.22. The molecular weight excluding hydrogens is 502 g/mol. The van der Waals surface area contributed by atoms with E-state index in [-0.39, 0.29) is 25.7 Å². The van der Waals surface area contributed by atoms with Crippen molar-refractivity contribution in [2.75, 3.05) is 18.0 Å². The normalized spacial score (nSPS) is 13.0. The number of ether oxygens (including phenoxy) is 1. The van der Waals surface area contributed by atoms with Gasteiger partial charge in [-0.1, -0.05) is 61.0 Å². The van der Waals surface area contributed by atoms with Crippen LogP contribution in [0.1, 0.15) is 38.3 Å². The summed E-state index contributed by atoms with van der Waals surface area (Å²) in [4.78, 5) is 13.8. The number of alkyl halides is 6. The van der Waals surface area contributed by atoms with Crippen molar-refractivity contribution in [3.63, 3.8) is 0 Å². The Morgan fingerprint density at radius 3 is 2.05 bits per heavy atom. The summed E-state index contributed by atoms with van der Waals surface area (Å²) in [7, 11) is 0. The lowest BCUT2D eigenvalue weighted by atomic mass is 9.92. The van der Waals surface area contributed by atoms with Crippen LogP contribution in [0.2, 0.25) is 0 Å². The Bertz CT molecular complexity index is 1020. The van der Waals surface area contributed by atoms with Gasteiger partial charge in [0.15, 0.2) is 0 Å². The Labute approximate surface area is 211 Å². The largest absolute Gasteiger partial charge is 0.445 e. The molecule has 37 heavy (non-hydrogen) atoms. The van der Waals surface area contributed by atoms with Crippen molar-refractivity contribution in [2.45, 2.75) is 57.8 Å². The average molecular weight is 533 g/mol. The fourth-order valence-corrected chi connectivity index (χ4v) is 3.73. The minimum atomic E-state index is -5.97. The number of aliphatic hydroxyl groups is 1. The Morgan fingerprint density at radius 1 is 1.00 bits per heavy atom. The van der Waals surface area contributed by atoms with Crippen LogP contribution in [0.25, 0.3) is 0 Å². The third kappa shape index (κ3) is 7.64. The van der Waals surface area contributed by atoms with Crippen LogP contribution in [0, 0.1) is 0 Å². The van der Waals surface area contributed by atoms with Crippen molar-refractivity contribution in [3.8, 4) is 0 Å². The molecule has 5 nitrogen and oxygen atoms in total. The van der Waals surface area contributed by atoms with Crippen molar-refractivity contribution < 1.29 is 41.0 Å². The second-order valence-corrected chi connectivity index (χ2v) is 8.65. The summed E-state index contributed by atoms with van der Waals surface area (Å²) in [5, 5.41) is 12.3. The number of allylic oxidation sites excluding steroid dienone is 1. The summed E-state index contributed by atoms with van der Waals surface area (Å²) in [6.07, 6.45) is -10.1. The zero-order valence-corrected chi connectivity index (χ0v) is 20.7. The maximum atomic E-state index is 13.2. The van der Waals surface area contributed by atoms with E-state index in [9.17, 15) is 36.2 Å². The topological polar surface area (TPSA) is 61.8 Å². The molecule has 2 aromatic rings. The molecular formula is C26H30F6N2O3. The third-order valence-corrected chi connectivity index (χ3v) is 5.62. The lowest BCUT2D eigenvalue weighted by Crippen LogP contribution is -2.53. The van der Waals surface area contributed by atoms with Gasteiger partial charge in [-0.05, 0) is 38.0 Å². The molecule has 204 valence electrons. The Kier molecular flexibility index (Phi) is 10.0. The first-order chi connectivity index (χ1) is 17.2. The summed E-state index contributed by atoms with van der Waals surface area (Å²) in [5.41, 5.74) is -4.27. The first-order valence-electron chi connectivity index (χ1n) is 11.5. The smallest absolute Gasteiger partial charge is 0.430 e.